The van der Waals surface area contributed by atoms with E-state index in [1.54, 1.807) is 12.4 Å². The van der Waals surface area contributed by atoms with Gasteiger partial charge in [0.1, 0.15) is 11.9 Å². The zero-order valence-corrected chi connectivity index (χ0v) is 9.38. The molecule has 0 radical (unpaired) electrons. The zero-order valence-electron chi connectivity index (χ0n) is 9.38. The van der Waals surface area contributed by atoms with E-state index in [0.29, 0.717) is 0 Å². The quantitative estimate of drug-likeness (QED) is 0.586. The lowest BCUT2D eigenvalue weighted by Crippen LogP contribution is -2.30. The van der Waals surface area contributed by atoms with Crippen LogP contribution in [-0.4, -0.2) is 14.5 Å². The lowest BCUT2D eigenvalue weighted by Gasteiger charge is -2.16. The predicted octanol–water partition coefficient (Wildman–Crippen LogP) is 0.676. The molecule has 5 heteroatoms. The molecule has 2 aromatic heterocycles. The van der Waals surface area contributed by atoms with Crippen LogP contribution < -0.4 is 11.3 Å². The van der Waals surface area contributed by atoms with Gasteiger partial charge in [-0.15, -0.1) is 0 Å². The SMILES string of the molecule is Cc1cncc(C(NN)c2nccn2C)c1. The van der Waals surface area contributed by atoms with E-state index in [1.165, 1.54) is 0 Å². The van der Waals surface area contributed by atoms with E-state index in [2.05, 4.69) is 15.4 Å². The molecule has 2 aromatic rings. The second-order valence-electron chi connectivity index (χ2n) is 3.79. The van der Waals surface area contributed by atoms with Gasteiger partial charge in [-0.2, -0.15) is 0 Å². The number of aromatic nitrogens is 3. The molecular formula is C11H15N5. The monoisotopic (exact) mass is 217 g/mol. The van der Waals surface area contributed by atoms with Crippen LogP contribution in [0.25, 0.3) is 0 Å². The Hall–Kier alpha value is -1.72. The molecule has 0 aliphatic carbocycles. The van der Waals surface area contributed by atoms with Gasteiger partial charge in [0, 0.05) is 31.8 Å². The Bertz CT molecular complexity index is 477. The fraction of sp³-hybridized carbons (Fsp3) is 0.273. The van der Waals surface area contributed by atoms with Crippen LogP contribution in [0.1, 0.15) is 23.0 Å². The fourth-order valence-corrected chi connectivity index (χ4v) is 1.71. The predicted molar refractivity (Wildman–Crippen MR) is 61.3 cm³/mol. The molecule has 0 saturated carbocycles. The zero-order chi connectivity index (χ0) is 11.5. The van der Waals surface area contributed by atoms with Crippen molar-refractivity contribution in [3.05, 3.63) is 47.8 Å². The highest BCUT2D eigenvalue weighted by Crippen LogP contribution is 2.19. The van der Waals surface area contributed by atoms with E-state index >= 15 is 0 Å². The van der Waals surface area contributed by atoms with Gasteiger partial charge in [0.05, 0.1) is 0 Å². The van der Waals surface area contributed by atoms with Gasteiger partial charge in [-0.25, -0.2) is 10.4 Å². The van der Waals surface area contributed by atoms with E-state index in [1.807, 2.05) is 37.0 Å². The van der Waals surface area contributed by atoms with Gasteiger partial charge < -0.3 is 4.57 Å². The van der Waals surface area contributed by atoms with Crippen molar-refractivity contribution in [2.75, 3.05) is 0 Å². The highest BCUT2D eigenvalue weighted by atomic mass is 15.3. The maximum absolute atomic E-state index is 5.58. The number of pyridine rings is 1. The average molecular weight is 217 g/mol. The van der Waals surface area contributed by atoms with Crippen molar-refractivity contribution in [3.8, 4) is 0 Å². The standard InChI is InChI=1S/C11H15N5/c1-8-5-9(7-13-6-8)10(15-12)11-14-3-4-16(11)2/h3-7,10,15H,12H2,1-2H3. The largest absolute Gasteiger partial charge is 0.336 e. The number of nitrogens with two attached hydrogens (primary N) is 1. The summed E-state index contributed by atoms with van der Waals surface area (Å²) in [7, 11) is 1.94. The maximum atomic E-state index is 5.58. The van der Waals surface area contributed by atoms with Crippen molar-refractivity contribution in [1.29, 1.82) is 0 Å². The van der Waals surface area contributed by atoms with Crippen LogP contribution in [0.15, 0.2) is 30.9 Å². The first-order valence-corrected chi connectivity index (χ1v) is 5.07. The minimum atomic E-state index is -0.132. The minimum absolute atomic E-state index is 0.132. The summed E-state index contributed by atoms with van der Waals surface area (Å²) in [6, 6.07) is 1.92. The Morgan fingerprint density at radius 1 is 1.44 bits per heavy atom. The molecule has 0 amide bonds. The number of rotatable bonds is 3. The van der Waals surface area contributed by atoms with Crippen molar-refractivity contribution in [2.24, 2.45) is 12.9 Å². The molecule has 2 heterocycles. The molecule has 0 fully saturated rings. The Morgan fingerprint density at radius 3 is 2.81 bits per heavy atom. The molecule has 5 nitrogen and oxygen atoms in total. The van der Waals surface area contributed by atoms with Crippen LogP contribution in [0, 0.1) is 6.92 Å². The molecule has 0 aliphatic rings. The Kier molecular flexibility index (Phi) is 2.98. The van der Waals surface area contributed by atoms with Crippen LogP contribution >= 0.6 is 0 Å². The molecular weight excluding hydrogens is 202 g/mol. The van der Waals surface area contributed by atoms with Crippen molar-refractivity contribution >= 4 is 0 Å². The third-order valence-electron chi connectivity index (χ3n) is 2.51. The van der Waals surface area contributed by atoms with Crippen molar-refractivity contribution in [3.63, 3.8) is 0 Å². The number of nitrogens with one attached hydrogen (secondary N) is 1. The van der Waals surface area contributed by atoms with Gasteiger partial charge in [0.15, 0.2) is 0 Å². The van der Waals surface area contributed by atoms with E-state index < -0.39 is 0 Å². The Morgan fingerprint density at radius 2 is 2.25 bits per heavy atom. The van der Waals surface area contributed by atoms with Gasteiger partial charge in [0.25, 0.3) is 0 Å². The number of aryl methyl sites for hydroxylation is 2. The first-order valence-electron chi connectivity index (χ1n) is 5.07. The summed E-state index contributed by atoms with van der Waals surface area (Å²) < 4.78 is 1.94. The molecule has 0 saturated heterocycles. The molecule has 0 bridgehead atoms. The lowest BCUT2D eigenvalue weighted by molar-refractivity contribution is 0.578. The number of hydrogen-bond donors (Lipinski definition) is 2. The normalized spacial score (nSPS) is 12.7. The molecule has 1 unspecified atom stereocenters. The average Bonchev–Trinajstić information content (AvgIpc) is 2.67. The molecule has 3 N–H and O–H groups in total. The van der Waals surface area contributed by atoms with E-state index in [4.69, 9.17) is 5.84 Å². The molecule has 84 valence electrons. The van der Waals surface area contributed by atoms with Gasteiger partial charge in [-0.1, -0.05) is 6.07 Å². The summed E-state index contributed by atoms with van der Waals surface area (Å²) in [6.07, 6.45) is 7.26. The summed E-state index contributed by atoms with van der Waals surface area (Å²) in [5.41, 5.74) is 4.88. The van der Waals surface area contributed by atoms with Crippen molar-refractivity contribution < 1.29 is 0 Å². The summed E-state index contributed by atoms with van der Waals surface area (Å²) >= 11 is 0. The van der Waals surface area contributed by atoms with Crippen LogP contribution in [0.3, 0.4) is 0 Å². The highest BCUT2D eigenvalue weighted by Gasteiger charge is 2.16. The second kappa shape index (κ2) is 4.42. The Labute approximate surface area is 94.3 Å². The fourth-order valence-electron chi connectivity index (χ4n) is 1.71. The summed E-state index contributed by atoms with van der Waals surface area (Å²) in [5.74, 6) is 6.45. The third-order valence-corrected chi connectivity index (χ3v) is 2.51. The van der Waals surface area contributed by atoms with Gasteiger partial charge >= 0.3 is 0 Å². The molecule has 2 rings (SSSR count). The summed E-state index contributed by atoms with van der Waals surface area (Å²) in [5, 5.41) is 0. The first-order chi connectivity index (χ1) is 7.72. The summed E-state index contributed by atoms with van der Waals surface area (Å²) in [4.78, 5) is 8.45. The Balaban J connectivity index is 2.40. The summed E-state index contributed by atoms with van der Waals surface area (Å²) in [6.45, 7) is 2.00. The van der Waals surface area contributed by atoms with Crippen LogP contribution in [-0.2, 0) is 7.05 Å². The van der Waals surface area contributed by atoms with Gasteiger partial charge in [0.2, 0.25) is 0 Å². The molecule has 0 aromatic carbocycles. The van der Waals surface area contributed by atoms with E-state index in [9.17, 15) is 0 Å². The third kappa shape index (κ3) is 1.95. The van der Waals surface area contributed by atoms with Crippen LogP contribution in [0.2, 0.25) is 0 Å². The van der Waals surface area contributed by atoms with E-state index in [-0.39, 0.29) is 6.04 Å². The number of hydrazine groups is 1. The topological polar surface area (TPSA) is 68.8 Å². The number of imidazole rings is 1. The molecule has 1 atom stereocenters. The maximum Gasteiger partial charge on any atom is 0.131 e. The van der Waals surface area contributed by atoms with Gasteiger partial charge in [-0.05, 0) is 18.1 Å². The smallest absolute Gasteiger partial charge is 0.131 e. The van der Waals surface area contributed by atoms with Gasteiger partial charge in [-0.3, -0.25) is 10.8 Å². The van der Waals surface area contributed by atoms with Crippen molar-refractivity contribution in [2.45, 2.75) is 13.0 Å². The molecule has 0 spiro atoms. The lowest BCUT2D eigenvalue weighted by atomic mass is 10.1. The van der Waals surface area contributed by atoms with Crippen LogP contribution in [0.5, 0.6) is 0 Å². The number of hydrogen-bond acceptors (Lipinski definition) is 4. The molecule has 0 aliphatic heterocycles. The highest BCUT2D eigenvalue weighted by molar-refractivity contribution is 5.25. The van der Waals surface area contributed by atoms with E-state index in [0.717, 1.165) is 17.0 Å². The molecule has 16 heavy (non-hydrogen) atoms. The minimum Gasteiger partial charge on any atom is -0.336 e. The first kappa shape index (κ1) is 10.8. The van der Waals surface area contributed by atoms with Crippen molar-refractivity contribution in [1.82, 2.24) is 20.0 Å². The van der Waals surface area contributed by atoms with Crippen LogP contribution in [0.4, 0.5) is 0 Å². The number of nitrogens with zero attached hydrogens (tertiary/aromatic N) is 3. The second-order valence-corrected chi connectivity index (χ2v) is 3.79.